The molecule has 0 aromatic carbocycles. The van der Waals surface area contributed by atoms with Crippen molar-refractivity contribution < 1.29 is 19.4 Å². The maximum absolute atomic E-state index is 12.9. The fourth-order valence-corrected chi connectivity index (χ4v) is 1.38. The average molecular weight is 228 g/mol. The largest absolute Gasteiger partial charge is 0.478 e. The lowest BCUT2D eigenvalue weighted by Gasteiger charge is -2.22. The number of hydrogen-bond acceptors (Lipinski definition) is 4. The fraction of sp³-hybridized carbons (Fsp3) is 0.400. The molecule has 88 valence electrons. The zero-order chi connectivity index (χ0) is 12.1. The van der Waals surface area contributed by atoms with Gasteiger partial charge in [0.25, 0.3) is 0 Å². The number of rotatable bonds is 5. The monoisotopic (exact) mass is 228 g/mol. The van der Waals surface area contributed by atoms with Gasteiger partial charge in [0.1, 0.15) is 17.2 Å². The molecule has 0 spiro atoms. The number of aliphatic hydroxyl groups excluding tert-OH is 1. The Morgan fingerprint density at radius 2 is 2.31 bits per heavy atom. The number of nitrogens with zero attached hydrogens (tertiary/aromatic N) is 2. The van der Waals surface area contributed by atoms with Crippen molar-refractivity contribution in [2.45, 2.75) is 6.92 Å². The van der Waals surface area contributed by atoms with Gasteiger partial charge < -0.3 is 15.1 Å². The molecule has 0 saturated heterocycles. The first-order chi connectivity index (χ1) is 7.60. The lowest BCUT2D eigenvalue weighted by atomic mass is 10.2. The number of likely N-dealkylation sites (N-methyl/N-ethyl adjacent to an activating group) is 1. The number of hydrogen-bond donors (Lipinski definition) is 2. The van der Waals surface area contributed by atoms with Gasteiger partial charge >= 0.3 is 5.97 Å². The molecule has 0 aliphatic carbocycles. The Morgan fingerprint density at radius 3 is 2.81 bits per heavy atom. The number of pyridine rings is 1. The number of carboxylic acid groups (broad SMARTS) is 1. The number of anilines is 1. The highest BCUT2D eigenvalue weighted by atomic mass is 19.1. The molecule has 5 nitrogen and oxygen atoms in total. The van der Waals surface area contributed by atoms with Crippen LogP contribution in [0.25, 0.3) is 0 Å². The molecule has 0 atom stereocenters. The number of carbonyl (C=O) groups is 1. The standard InChI is InChI=1S/C10H13FN2O3/c1-2-13(3-4-14)9-8(10(15)16)5-7(11)6-12-9/h5-6,14H,2-4H2,1H3,(H,15,16). The summed E-state index contributed by atoms with van der Waals surface area (Å²) >= 11 is 0. The van der Waals surface area contributed by atoms with Crippen molar-refractivity contribution >= 4 is 11.8 Å². The minimum Gasteiger partial charge on any atom is -0.478 e. The first-order valence-corrected chi connectivity index (χ1v) is 4.84. The van der Waals surface area contributed by atoms with Gasteiger partial charge in [-0.25, -0.2) is 14.2 Å². The van der Waals surface area contributed by atoms with Gasteiger partial charge in [0.05, 0.1) is 12.8 Å². The Labute approximate surface area is 92.2 Å². The highest BCUT2D eigenvalue weighted by molar-refractivity contribution is 5.93. The highest BCUT2D eigenvalue weighted by Gasteiger charge is 2.17. The van der Waals surface area contributed by atoms with Gasteiger partial charge in [-0.15, -0.1) is 0 Å². The molecule has 1 rings (SSSR count). The van der Waals surface area contributed by atoms with Crippen LogP contribution in [0.5, 0.6) is 0 Å². The maximum atomic E-state index is 12.9. The topological polar surface area (TPSA) is 73.7 Å². The van der Waals surface area contributed by atoms with Crippen LogP contribution in [0.2, 0.25) is 0 Å². The van der Waals surface area contributed by atoms with Crippen LogP contribution in [-0.2, 0) is 0 Å². The molecule has 1 heterocycles. The van der Waals surface area contributed by atoms with Crippen molar-refractivity contribution in [3.05, 3.63) is 23.6 Å². The van der Waals surface area contributed by atoms with E-state index in [4.69, 9.17) is 10.2 Å². The van der Waals surface area contributed by atoms with Gasteiger partial charge in [-0.3, -0.25) is 0 Å². The molecule has 0 saturated carbocycles. The van der Waals surface area contributed by atoms with E-state index in [0.717, 1.165) is 12.3 Å². The van der Waals surface area contributed by atoms with Crippen LogP contribution in [-0.4, -0.2) is 40.9 Å². The van der Waals surface area contributed by atoms with Gasteiger partial charge in [0.2, 0.25) is 0 Å². The number of aromatic nitrogens is 1. The molecule has 16 heavy (non-hydrogen) atoms. The second kappa shape index (κ2) is 5.41. The van der Waals surface area contributed by atoms with Crippen LogP contribution in [0.4, 0.5) is 10.2 Å². The van der Waals surface area contributed by atoms with E-state index in [1.54, 1.807) is 11.8 Å². The summed E-state index contributed by atoms with van der Waals surface area (Å²) in [6, 6.07) is 0.921. The van der Waals surface area contributed by atoms with E-state index in [2.05, 4.69) is 4.98 Å². The van der Waals surface area contributed by atoms with Crippen molar-refractivity contribution in [3.8, 4) is 0 Å². The predicted octanol–water partition coefficient (Wildman–Crippen LogP) is 0.737. The van der Waals surface area contributed by atoms with Gasteiger partial charge in [0, 0.05) is 13.1 Å². The summed E-state index contributed by atoms with van der Waals surface area (Å²) in [5, 5.41) is 17.7. The third-order valence-corrected chi connectivity index (χ3v) is 2.11. The van der Waals surface area contributed by atoms with Gasteiger partial charge in [-0.1, -0.05) is 0 Å². The molecule has 0 radical (unpaired) electrons. The lowest BCUT2D eigenvalue weighted by molar-refractivity contribution is 0.0696. The zero-order valence-corrected chi connectivity index (χ0v) is 8.85. The maximum Gasteiger partial charge on any atom is 0.339 e. The summed E-state index contributed by atoms with van der Waals surface area (Å²) in [6.45, 7) is 2.42. The molecule has 1 aromatic heterocycles. The van der Waals surface area contributed by atoms with Crippen LogP contribution in [0.15, 0.2) is 12.3 Å². The number of halogens is 1. The van der Waals surface area contributed by atoms with E-state index in [-0.39, 0.29) is 24.5 Å². The Kier molecular flexibility index (Phi) is 4.19. The lowest BCUT2D eigenvalue weighted by Crippen LogP contribution is -2.29. The predicted molar refractivity (Wildman–Crippen MR) is 56.1 cm³/mol. The third-order valence-electron chi connectivity index (χ3n) is 2.11. The number of aliphatic hydroxyl groups is 1. The quantitative estimate of drug-likeness (QED) is 0.777. The van der Waals surface area contributed by atoms with Crippen LogP contribution >= 0.6 is 0 Å². The Balaban J connectivity index is 3.14. The molecule has 6 heteroatoms. The molecule has 0 aliphatic heterocycles. The number of aromatic carboxylic acids is 1. The molecule has 0 unspecified atom stereocenters. The first kappa shape index (κ1) is 12.4. The minimum atomic E-state index is -1.24. The van der Waals surface area contributed by atoms with Crippen LogP contribution < -0.4 is 4.90 Å². The second-order valence-electron chi connectivity index (χ2n) is 3.13. The zero-order valence-electron chi connectivity index (χ0n) is 8.85. The smallest absolute Gasteiger partial charge is 0.339 e. The highest BCUT2D eigenvalue weighted by Crippen LogP contribution is 2.18. The van der Waals surface area contributed by atoms with Crippen molar-refractivity contribution in [2.24, 2.45) is 0 Å². The molecule has 0 amide bonds. The minimum absolute atomic E-state index is 0.119. The van der Waals surface area contributed by atoms with E-state index >= 15 is 0 Å². The van der Waals surface area contributed by atoms with E-state index in [1.165, 1.54) is 0 Å². The van der Waals surface area contributed by atoms with Gasteiger partial charge in [-0.2, -0.15) is 0 Å². The third kappa shape index (κ3) is 2.66. The Hall–Kier alpha value is -1.69. The van der Waals surface area contributed by atoms with E-state index in [0.29, 0.717) is 6.54 Å². The van der Waals surface area contributed by atoms with Crippen molar-refractivity contribution in [1.29, 1.82) is 0 Å². The molecule has 0 bridgehead atoms. The van der Waals surface area contributed by atoms with Crippen molar-refractivity contribution in [2.75, 3.05) is 24.6 Å². The van der Waals surface area contributed by atoms with Crippen LogP contribution in [0, 0.1) is 5.82 Å². The van der Waals surface area contributed by atoms with Crippen LogP contribution in [0.3, 0.4) is 0 Å². The molecule has 0 aliphatic rings. The summed E-state index contributed by atoms with van der Waals surface area (Å²) in [5.74, 6) is -1.76. The van der Waals surface area contributed by atoms with E-state index < -0.39 is 11.8 Å². The molecule has 0 fully saturated rings. The Morgan fingerprint density at radius 1 is 1.62 bits per heavy atom. The number of carboxylic acids is 1. The SMILES string of the molecule is CCN(CCO)c1ncc(F)cc1C(=O)O. The molecule has 2 N–H and O–H groups in total. The summed E-state index contributed by atoms with van der Waals surface area (Å²) in [7, 11) is 0. The van der Waals surface area contributed by atoms with Crippen molar-refractivity contribution in [3.63, 3.8) is 0 Å². The summed E-state index contributed by atoms with van der Waals surface area (Å²) in [4.78, 5) is 16.2. The molecule has 1 aromatic rings. The second-order valence-corrected chi connectivity index (χ2v) is 3.13. The summed E-state index contributed by atoms with van der Waals surface area (Å²) in [6.07, 6.45) is 0.960. The normalized spacial score (nSPS) is 10.2. The van der Waals surface area contributed by atoms with E-state index in [1.807, 2.05) is 0 Å². The van der Waals surface area contributed by atoms with Crippen LogP contribution in [0.1, 0.15) is 17.3 Å². The molecular weight excluding hydrogens is 215 g/mol. The first-order valence-electron chi connectivity index (χ1n) is 4.84. The summed E-state index contributed by atoms with van der Waals surface area (Å²) in [5.41, 5.74) is -0.199. The van der Waals surface area contributed by atoms with Gasteiger partial charge in [-0.05, 0) is 13.0 Å². The fourth-order valence-electron chi connectivity index (χ4n) is 1.38. The van der Waals surface area contributed by atoms with Crippen molar-refractivity contribution in [1.82, 2.24) is 4.98 Å². The Bertz CT molecular complexity index is 384. The average Bonchev–Trinajstić information content (AvgIpc) is 2.26. The van der Waals surface area contributed by atoms with E-state index in [9.17, 15) is 9.18 Å². The van der Waals surface area contributed by atoms with Gasteiger partial charge in [0.15, 0.2) is 0 Å². The summed E-state index contributed by atoms with van der Waals surface area (Å²) < 4.78 is 12.9. The molecular formula is C10H13FN2O3.